The van der Waals surface area contributed by atoms with Crippen molar-refractivity contribution < 1.29 is 19.2 Å². The fourth-order valence-electron chi connectivity index (χ4n) is 8.06. The Balaban J connectivity index is 1.16. The van der Waals surface area contributed by atoms with Crippen LogP contribution in [0, 0.1) is 46.6 Å². The third-order valence-electron chi connectivity index (χ3n) is 9.81. The Morgan fingerprint density at radius 3 is 2.39 bits per heavy atom. The molecule has 2 saturated carbocycles. The Hall–Kier alpha value is -4.22. The molecule has 2 bridgehead atoms. The number of benzene rings is 3. The Labute approximate surface area is 260 Å². The van der Waals surface area contributed by atoms with Crippen molar-refractivity contribution >= 4 is 46.3 Å². The number of nitro groups is 1. The van der Waals surface area contributed by atoms with Gasteiger partial charge in [-0.2, -0.15) is 0 Å². The van der Waals surface area contributed by atoms with E-state index in [0.29, 0.717) is 12.3 Å². The number of aryl methyl sites for hydroxylation is 1. The molecule has 4 aliphatic rings. The highest BCUT2D eigenvalue weighted by atomic mass is 32.2. The standard InChI is InChI=1S/C33H27N3O6S2/c1-16-6-8-17(9-7-16)15-42-23-5-3-2-4-20(23)24-25-21-14-22(28(25)43-30-29(24)44-33(39)34-30)27-26(21)31(37)35(32(27)38)18-10-12-19(13-11-18)36(40)41/h2-13,21-22,24-28H,14-15H2,1H3,(H,34,39)/t21-,22-,24?,25?,26?,27?,28?/m1/s1. The van der Waals surface area contributed by atoms with Crippen LogP contribution >= 0.6 is 23.1 Å². The van der Waals surface area contributed by atoms with E-state index < -0.39 is 16.8 Å². The molecule has 2 aliphatic heterocycles. The van der Waals surface area contributed by atoms with Crippen LogP contribution in [0.5, 0.6) is 5.75 Å². The Kier molecular flexibility index (Phi) is 6.32. The van der Waals surface area contributed by atoms with Crippen molar-refractivity contribution in [1.82, 2.24) is 4.98 Å². The third-order valence-corrected chi connectivity index (χ3v) is 12.4. The van der Waals surface area contributed by atoms with Crippen molar-refractivity contribution in [2.45, 2.75) is 36.1 Å². The normalized spacial score (nSPS) is 28.1. The molecule has 3 heterocycles. The molecular formula is C33H27N3O6S2. The smallest absolute Gasteiger partial charge is 0.305 e. The number of ether oxygens (including phenoxy) is 1. The number of carbonyl (C=O) groups excluding carboxylic acids is 2. The maximum absolute atomic E-state index is 14.0. The number of rotatable bonds is 6. The summed E-state index contributed by atoms with van der Waals surface area (Å²) in [6, 6.07) is 21.8. The first-order valence-corrected chi connectivity index (χ1v) is 16.3. The van der Waals surface area contributed by atoms with Crippen molar-refractivity contribution in [3.05, 3.63) is 114 Å². The number of thioether (sulfide) groups is 1. The molecule has 9 nitrogen and oxygen atoms in total. The monoisotopic (exact) mass is 625 g/mol. The molecule has 5 unspecified atom stereocenters. The number of carbonyl (C=O) groups is 2. The van der Waals surface area contributed by atoms with E-state index >= 15 is 0 Å². The number of nitro benzene ring substituents is 1. The van der Waals surface area contributed by atoms with Gasteiger partial charge in [-0.3, -0.25) is 29.4 Å². The van der Waals surface area contributed by atoms with Crippen LogP contribution in [-0.2, 0) is 16.2 Å². The first kappa shape index (κ1) is 27.3. The largest absolute Gasteiger partial charge is 0.489 e. The van der Waals surface area contributed by atoms with Crippen LogP contribution in [0.2, 0.25) is 0 Å². The van der Waals surface area contributed by atoms with Gasteiger partial charge in [0.25, 0.3) is 5.69 Å². The third kappa shape index (κ3) is 4.09. The number of hydrogen-bond donors (Lipinski definition) is 1. The van der Waals surface area contributed by atoms with E-state index in [1.165, 1.54) is 46.1 Å². The van der Waals surface area contributed by atoms with Gasteiger partial charge in [0.2, 0.25) is 11.8 Å². The molecule has 0 radical (unpaired) electrons. The molecule has 44 heavy (non-hydrogen) atoms. The first-order valence-electron chi connectivity index (χ1n) is 14.6. The molecule has 7 atom stereocenters. The van der Waals surface area contributed by atoms with Crippen molar-refractivity contribution in [2.24, 2.45) is 29.6 Å². The second-order valence-corrected chi connectivity index (χ2v) is 14.3. The summed E-state index contributed by atoms with van der Waals surface area (Å²) in [4.78, 5) is 56.4. The molecule has 3 aromatic carbocycles. The average molecular weight is 626 g/mol. The number of amides is 2. The van der Waals surface area contributed by atoms with Gasteiger partial charge in [-0.15, -0.1) is 11.8 Å². The van der Waals surface area contributed by atoms with E-state index in [-0.39, 0.29) is 51.3 Å². The Morgan fingerprint density at radius 1 is 0.955 bits per heavy atom. The van der Waals surface area contributed by atoms with Gasteiger partial charge in [0, 0.05) is 33.7 Å². The summed E-state index contributed by atoms with van der Waals surface area (Å²) < 4.78 is 6.43. The average Bonchev–Trinajstić information content (AvgIpc) is 3.76. The topological polar surface area (TPSA) is 123 Å². The second kappa shape index (κ2) is 10.2. The molecule has 1 saturated heterocycles. The summed E-state index contributed by atoms with van der Waals surface area (Å²) in [5.41, 5.74) is 3.49. The molecule has 1 N–H and O–H groups in total. The van der Waals surface area contributed by atoms with Crippen LogP contribution in [0.4, 0.5) is 11.4 Å². The fraction of sp³-hybridized carbons (Fsp3) is 0.303. The van der Waals surface area contributed by atoms with E-state index in [1.54, 1.807) is 11.8 Å². The molecule has 3 fully saturated rings. The van der Waals surface area contributed by atoms with Gasteiger partial charge >= 0.3 is 4.87 Å². The molecule has 11 heteroatoms. The number of H-pyrrole nitrogens is 1. The maximum atomic E-state index is 14.0. The van der Waals surface area contributed by atoms with Crippen LogP contribution < -0.4 is 14.5 Å². The Morgan fingerprint density at radius 2 is 1.66 bits per heavy atom. The molecule has 2 aliphatic carbocycles. The minimum absolute atomic E-state index is 0.0285. The minimum atomic E-state index is -0.500. The summed E-state index contributed by atoms with van der Waals surface area (Å²) in [7, 11) is 0. The highest BCUT2D eigenvalue weighted by molar-refractivity contribution is 8.00. The molecular weight excluding hydrogens is 599 g/mol. The number of para-hydroxylation sites is 1. The summed E-state index contributed by atoms with van der Waals surface area (Å²) in [5.74, 6) is -0.853. The number of hydrogen-bond acceptors (Lipinski definition) is 8. The van der Waals surface area contributed by atoms with E-state index in [4.69, 9.17) is 4.74 Å². The van der Waals surface area contributed by atoms with E-state index in [1.807, 2.05) is 25.1 Å². The molecule has 0 spiro atoms. The maximum Gasteiger partial charge on any atom is 0.305 e. The van der Waals surface area contributed by atoms with E-state index in [2.05, 4.69) is 35.3 Å². The lowest BCUT2D eigenvalue weighted by Gasteiger charge is -2.43. The number of thiazole rings is 1. The number of nitrogens with zero attached hydrogens (tertiary/aromatic N) is 2. The molecule has 2 amide bonds. The van der Waals surface area contributed by atoms with Crippen LogP contribution in [0.15, 0.2) is 82.6 Å². The van der Waals surface area contributed by atoms with Crippen molar-refractivity contribution in [1.29, 1.82) is 0 Å². The van der Waals surface area contributed by atoms with Gasteiger partial charge in [-0.1, -0.05) is 59.4 Å². The number of aromatic nitrogens is 1. The highest BCUT2D eigenvalue weighted by Crippen LogP contribution is 2.69. The van der Waals surface area contributed by atoms with Crippen LogP contribution in [-0.4, -0.2) is 27.0 Å². The first-order chi connectivity index (χ1) is 21.3. The molecule has 4 aromatic rings. The van der Waals surface area contributed by atoms with Crippen molar-refractivity contribution in [2.75, 3.05) is 4.90 Å². The van der Waals surface area contributed by atoms with Crippen LogP contribution in [0.3, 0.4) is 0 Å². The van der Waals surface area contributed by atoms with E-state index in [0.717, 1.165) is 33.2 Å². The summed E-state index contributed by atoms with van der Waals surface area (Å²) in [6.45, 7) is 2.45. The fourth-order valence-corrected chi connectivity index (χ4v) is 10.9. The van der Waals surface area contributed by atoms with Gasteiger partial charge in [0.15, 0.2) is 0 Å². The predicted octanol–water partition coefficient (Wildman–Crippen LogP) is 5.91. The lowest BCUT2D eigenvalue weighted by atomic mass is 9.68. The lowest BCUT2D eigenvalue weighted by Crippen LogP contribution is -2.42. The molecule has 1 aromatic heterocycles. The van der Waals surface area contributed by atoms with Gasteiger partial charge in [-0.05, 0) is 54.9 Å². The van der Waals surface area contributed by atoms with Crippen molar-refractivity contribution in [3.8, 4) is 5.75 Å². The quantitative estimate of drug-likeness (QED) is 0.161. The van der Waals surface area contributed by atoms with Gasteiger partial charge in [-0.25, -0.2) is 0 Å². The summed E-state index contributed by atoms with van der Waals surface area (Å²) in [5, 5.41) is 12.1. The number of nitrogens with one attached hydrogen (secondary N) is 1. The number of aromatic amines is 1. The summed E-state index contributed by atoms with van der Waals surface area (Å²) >= 11 is 2.86. The number of anilines is 1. The number of non-ortho nitro benzene ring substituents is 1. The van der Waals surface area contributed by atoms with Crippen LogP contribution in [0.1, 0.15) is 33.9 Å². The van der Waals surface area contributed by atoms with Crippen LogP contribution in [0.25, 0.3) is 0 Å². The van der Waals surface area contributed by atoms with Gasteiger partial charge in [0.1, 0.15) is 12.4 Å². The zero-order valence-electron chi connectivity index (χ0n) is 23.5. The zero-order chi connectivity index (χ0) is 30.3. The number of imide groups is 1. The molecule has 222 valence electrons. The molecule has 8 rings (SSSR count). The Bertz CT molecular complexity index is 1880. The lowest BCUT2D eigenvalue weighted by molar-refractivity contribution is -0.384. The zero-order valence-corrected chi connectivity index (χ0v) is 25.2. The van der Waals surface area contributed by atoms with Gasteiger partial charge < -0.3 is 9.72 Å². The number of fused-ring (bicyclic) bond motifs is 9. The summed E-state index contributed by atoms with van der Waals surface area (Å²) in [6.07, 6.45) is 0.769. The van der Waals surface area contributed by atoms with E-state index in [9.17, 15) is 24.5 Å². The second-order valence-electron chi connectivity index (χ2n) is 12.1. The SMILES string of the molecule is Cc1ccc(COc2ccccc2C2c3sc(=O)[nH]c3SC3C2[C@H]2C[C@@H]3C3C(=O)N(c4ccc([N+](=O)[O-])cc4)C(=O)C32)cc1. The van der Waals surface area contributed by atoms with Gasteiger partial charge in [0.05, 0.1) is 27.5 Å². The predicted molar refractivity (Wildman–Crippen MR) is 166 cm³/mol. The van der Waals surface area contributed by atoms with Crippen molar-refractivity contribution in [3.63, 3.8) is 0 Å². The highest BCUT2D eigenvalue weighted by Gasteiger charge is 2.69. The minimum Gasteiger partial charge on any atom is -0.489 e.